The Hall–Kier alpha value is -2.98. The summed E-state index contributed by atoms with van der Waals surface area (Å²) < 4.78 is 11.3. The fourth-order valence-electron chi connectivity index (χ4n) is 2.43. The average Bonchev–Trinajstić information content (AvgIpc) is 2.72. The quantitative estimate of drug-likeness (QED) is 0.574. The number of carbonyl (C=O) groups excluding carboxylic acids is 1. The highest BCUT2D eigenvalue weighted by molar-refractivity contribution is 6.31. The molecule has 0 aliphatic carbocycles. The molecule has 0 saturated carbocycles. The van der Waals surface area contributed by atoms with Gasteiger partial charge in [-0.1, -0.05) is 48.0 Å². The Morgan fingerprint density at radius 3 is 2.22 bits per heavy atom. The Labute approximate surface area is 163 Å². The third kappa shape index (κ3) is 5.76. The van der Waals surface area contributed by atoms with Gasteiger partial charge in [0.2, 0.25) is 0 Å². The van der Waals surface area contributed by atoms with Gasteiger partial charge in [-0.2, -0.15) is 0 Å². The second-order valence-corrected chi connectivity index (χ2v) is 6.23. The summed E-state index contributed by atoms with van der Waals surface area (Å²) in [7, 11) is 0. The number of carbonyl (C=O) groups is 1. The van der Waals surface area contributed by atoms with Gasteiger partial charge in [-0.3, -0.25) is 4.79 Å². The third-order valence-electron chi connectivity index (χ3n) is 3.87. The van der Waals surface area contributed by atoms with Crippen LogP contribution >= 0.6 is 11.6 Å². The first-order chi connectivity index (χ1) is 13.2. The van der Waals surface area contributed by atoms with E-state index in [4.69, 9.17) is 21.1 Å². The molecule has 3 aromatic carbocycles. The van der Waals surface area contributed by atoms with Crippen molar-refractivity contribution in [3.05, 3.63) is 95.0 Å². The first kappa shape index (κ1) is 18.8. The van der Waals surface area contributed by atoms with Gasteiger partial charge in [0.05, 0.1) is 6.54 Å². The zero-order valence-corrected chi connectivity index (χ0v) is 15.5. The lowest BCUT2D eigenvalue weighted by Crippen LogP contribution is -2.28. The minimum Gasteiger partial charge on any atom is -0.492 e. The summed E-state index contributed by atoms with van der Waals surface area (Å²) in [6, 6.07) is 24.0. The molecule has 0 unspecified atom stereocenters. The highest BCUT2D eigenvalue weighted by Crippen LogP contribution is 2.19. The van der Waals surface area contributed by atoms with Crippen molar-refractivity contribution >= 4 is 17.5 Å². The molecule has 0 atom stereocenters. The topological polar surface area (TPSA) is 47.6 Å². The number of hydrogen-bond acceptors (Lipinski definition) is 3. The predicted octanol–water partition coefficient (Wildman–Crippen LogP) is 4.73. The van der Waals surface area contributed by atoms with Gasteiger partial charge in [0.1, 0.15) is 24.7 Å². The molecule has 0 aliphatic rings. The SMILES string of the molecule is O=C(NCCOc1ccccc1)c1ccc(OCc2ccccc2Cl)cc1. The van der Waals surface area contributed by atoms with E-state index in [1.165, 1.54) is 0 Å². The lowest BCUT2D eigenvalue weighted by molar-refractivity contribution is 0.0947. The Morgan fingerprint density at radius 1 is 0.815 bits per heavy atom. The van der Waals surface area contributed by atoms with Crippen molar-refractivity contribution in [2.75, 3.05) is 13.2 Å². The summed E-state index contributed by atoms with van der Waals surface area (Å²) in [6.07, 6.45) is 0. The van der Waals surface area contributed by atoms with Gasteiger partial charge >= 0.3 is 0 Å². The molecule has 4 nitrogen and oxygen atoms in total. The minimum atomic E-state index is -0.149. The molecule has 3 rings (SSSR count). The van der Waals surface area contributed by atoms with Crippen molar-refractivity contribution in [1.82, 2.24) is 5.32 Å². The number of benzene rings is 3. The molecule has 0 aliphatic heterocycles. The lowest BCUT2D eigenvalue weighted by atomic mass is 10.2. The first-order valence-electron chi connectivity index (χ1n) is 8.65. The molecule has 1 amide bonds. The van der Waals surface area contributed by atoms with Crippen LogP contribution in [-0.4, -0.2) is 19.1 Å². The Bertz CT molecular complexity index is 866. The molecule has 1 N–H and O–H groups in total. The molecular formula is C22H20ClNO3. The summed E-state index contributed by atoms with van der Waals surface area (Å²) in [4.78, 5) is 12.2. The van der Waals surface area contributed by atoms with Gasteiger partial charge in [-0.25, -0.2) is 0 Å². The zero-order valence-electron chi connectivity index (χ0n) is 14.7. The summed E-state index contributed by atoms with van der Waals surface area (Å²) in [5, 5.41) is 3.50. The summed E-state index contributed by atoms with van der Waals surface area (Å²) in [5.74, 6) is 1.31. The van der Waals surface area contributed by atoms with E-state index in [9.17, 15) is 4.79 Å². The van der Waals surface area contributed by atoms with Gasteiger partial charge < -0.3 is 14.8 Å². The van der Waals surface area contributed by atoms with Crippen LogP contribution in [0.15, 0.2) is 78.9 Å². The van der Waals surface area contributed by atoms with Crippen LogP contribution in [0.2, 0.25) is 5.02 Å². The van der Waals surface area contributed by atoms with Crippen LogP contribution in [0.4, 0.5) is 0 Å². The van der Waals surface area contributed by atoms with Crippen molar-refractivity contribution in [3.8, 4) is 11.5 Å². The summed E-state index contributed by atoms with van der Waals surface area (Å²) >= 11 is 6.11. The normalized spacial score (nSPS) is 10.3. The lowest BCUT2D eigenvalue weighted by Gasteiger charge is -2.09. The van der Waals surface area contributed by atoms with Crippen LogP contribution in [0, 0.1) is 0 Å². The maximum Gasteiger partial charge on any atom is 0.251 e. The van der Waals surface area contributed by atoms with E-state index in [0.717, 1.165) is 11.3 Å². The van der Waals surface area contributed by atoms with Gasteiger partial charge in [0.25, 0.3) is 5.91 Å². The average molecular weight is 382 g/mol. The van der Waals surface area contributed by atoms with E-state index in [-0.39, 0.29) is 5.91 Å². The zero-order chi connectivity index (χ0) is 18.9. The van der Waals surface area contributed by atoms with Crippen LogP contribution < -0.4 is 14.8 Å². The molecule has 138 valence electrons. The standard InChI is InChI=1S/C22H20ClNO3/c23-21-9-5-4-6-18(21)16-27-20-12-10-17(11-13-20)22(25)24-14-15-26-19-7-2-1-3-8-19/h1-13H,14-16H2,(H,24,25). The maximum atomic E-state index is 12.2. The fourth-order valence-corrected chi connectivity index (χ4v) is 2.62. The largest absolute Gasteiger partial charge is 0.492 e. The Kier molecular flexibility index (Phi) is 6.72. The number of hydrogen-bond donors (Lipinski definition) is 1. The number of nitrogens with one attached hydrogen (secondary N) is 1. The van der Waals surface area contributed by atoms with Crippen LogP contribution in [-0.2, 0) is 6.61 Å². The van der Waals surface area contributed by atoms with Gasteiger partial charge in [0, 0.05) is 16.1 Å². The molecule has 3 aromatic rings. The highest BCUT2D eigenvalue weighted by Gasteiger charge is 2.06. The number of ether oxygens (including phenoxy) is 2. The molecular weight excluding hydrogens is 362 g/mol. The van der Waals surface area contributed by atoms with E-state index < -0.39 is 0 Å². The number of para-hydroxylation sites is 1. The van der Waals surface area contributed by atoms with Crippen molar-refractivity contribution < 1.29 is 14.3 Å². The van der Waals surface area contributed by atoms with Crippen LogP contribution in [0.3, 0.4) is 0 Å². The van der Waals surface area contributed by atoms with Crippen molar-refractivity contribution in [2.45, 2.75) is 6.61 Å². The van der Waals surface area contributed by atoms with Crippen molar-refractivity contribution in [1.29, 1.82) is 0 Å². The third-order valence-corrected chi connectivity index (χ3v) is 4.24. The summed E-state index contributed by atoms with van der Waals surface area (Å²) in [6.45, 7) is 1.22. The maximum absolute atomic E-state index is 12.2. The number of halogens is 1. The molecule has 0 bridgehead atoms. The molecule has 27 heavy (non-hydrogen) atoms. The Morgan fingerprint density at radius 2 is 1.48 bits per heavy atom. The molecule has 0 heterocycles. The molecule has 0 saturated heterocycles. The number of amides is 1. The minimum absolute atomic E-state index is 0.149. The predicted molar refractivity (Wildman–Crippen MR) is 106 cm³/mol. The van der Waals surface area contributed by atoms with E-state index >= 15 is 0 Å². The van der Waals surface area contributed by atoms with Crippen molar-refractivity contribution in [2.24, 2.45) is 0 Å². The first-order valence-corrected chi connectivity index (χ1v) is 9.02. The second-order valence-electron chi connectivity index (χ2n) is 5.82. The Balaban J connectivity index is 1.43. The van der Waals surface area contributed by atoms with Gasteiger partial charge in [-0.15, -0.1) is 0 Å². The molecule has 5 heteroatoms. The smallest absolute Gasteiger partial charge is 0.251 e. The van der Waals surface area contributed by atoms with Gasteiger partial charge in [0.15, 0.2) is 0 Å². The van der Waals surface area contributed by atoms with E-state index in [1.54, 1.807) is 24.3 Å². The second kappa shape index (κ2) is 9.64. The monoisotopic (exact) mass is 381 g/mol. The highest BCUT2D eigenvalue weighted by atomic mass is 35.5. The van der Waals surface area contributed by atoms with Crippen molar-refractivity contribution in [3.63, 3.8) is 0 Å². The molecule has 0 fully saturated rings. The fraction of sp³-hybridized carbons (Fsp3) is 0.136. The molecule has 0 radical (unpaired) electrons. The van der Waals surface area contributed by atoms with Crippen LogP contribution in [0.25, 0.3) is 0 Å². The molecule has 0 aromatic heterocycles. The number of rotatable bonds is 8. The van der Waals surface area contributed by atoms with Crippen LogP contribution in [0.5, 0.6) is 11.5 Å². The van der Waals surface area contributed by atoms with E-state index in [1.807, 2.05) is 54.6 Å². The van der Waals surface area contributed by atoms with Gasteiger partial charge in [-0.05, 0) is 42.5 Å². The van der Waals surface area contributed by atoms with Crippen LogP contribution in [0.1, 0.15) is 15.9 Å². The van der Waals surface area contributed by atoms with E-state index in [0.29, 0.717) is 36.1 Å². The summed E-state index contributed by atoms with van der Waals surface area (Å²) in [5.41, 5.74) is 1.49. The van der Waals surface area contributed by atoms with E-state index in [2.05, 4.69) is 5.32 Å². The molecule has 0 spiro atoms.